The number of carbonyl (C=O) groups is 7. The Kier molecular flexibility index (Phi) is 31.3. The van der Waals surface area contributed by atoms with Gasteiger partial charge in [0.05, 0.1) is 55.4 Å². The number of esters is 1. The fourth-order valence-electron chi connectivity index (χ4n) is 18.2. The van der Waals surface area contributed by atoms with E-state index in [1.165, 1.54) is 16.8 Å². The highest BCUT2D eigenvalue weighted by molar-refractivity contribution is 7.80. The number of carbonyl (C=O) groups excluding carboxylic acids is 7. The maximum atomic E-state index is 14.5. The lowest BCUT2D eigenvalue weighted by Gasteiger charge is -2.36. The summed E-state index contributed by atoms with van der Waals surface area (Å²) in [5.74, 6) is -1.59. The van der Waals surface area contributed by atoms with Crippen molar-refractivity contribution >= 4 is 104 Å². The second-order valence-corrected chi connectivity index (χ2v) is 35.3. The van der Waals surface area contributed by atoms with Gasteiger partial charge >= 0.3 is 5.97 Å². The zero-order chi connectivity index (χ0) is 88.5. The molecule has 0 radical (unpaired) electrons. The van der Waals surface area contributed by atoms with Gasteiger partial charge in [0.25, 0.3) is 23.0 Å². The molecule has 5 aromatic heterocycles. The van der Waals surface area contributed by atoms with Crippen molar-refractivity contribution in [2.75, 3.05) is 114 Å². The molecule has 672 valence electrons. The van der Waals surface area contributed by atoms with Crippen molar-refractivity contribution in [1.29, 1.82) is 0 Å². The number of fused-ring (bicyclic) bond motifs is 6. The topological polar surface area (TPSA) is 391 Å². The van der Waals surface area contributed by atoms with Crippen LogP contribution < -0.4 is 26.6 Å². The summed E-state index contributed by atoms with van der Waals surface area (Å²) in [6.07, 6.45) is 25.5. The highest BCUT2D eigenvalue weighted by atomic mass is 32.1. The first-order chi connectivity index (χ1) is 60.9. The van der Waals surface area contributed by atoms with Crippen LogP contribution in [-0.2, 0) is 78.5 Å². The van der Waals surface area contributed by atoms with Gasteiger partial charge in [0.1, 0.15) is 59.3 Å². The molecule has 11 heterocycles. The summed E-state index contributed by atoms with van der Waals surface area (Å²) in [7, 11) is 1.64. The lowest BCUT2D eigenvalue weighted by Crippen LogP contribution is -2.54. The molecular formula is C93H120N18O14S. The molecule has 32 nitrogen and oxygen atoms in total. The molecule has 1 aliphatic carbocycles. The van der Waals surface area contributed by atoms with E-state index in [0.717, 1.165) is 86.2 Å². The maximum Gasteiger partial charge on any atom is 0.329 e. The van der Waals surface area contributed by atoms with E-state index in [0.29, 0.717) is 199 Å². The number of aliphatic hydroxyl groups is 1. The molecule has 4 saturated heterocycles. The normalized spacial score (nSPS) is 25.4. The molecule has 0 spiro atoms. The second-order valence-electron chi connectivity index (χ2n) is 34.9. The summed E-state index contributed by atoms with van der Waals surface area (Å²) in [4.78, 5) is 141. The van der Waals surface area contributed by atoms with E-state index in [9.17, 15) is 38.7 Å². The number of Topliss-reactive ketones (excluding diaryl/α,β-unsaturated/α-hetero) is 3. The summed E-state index contributed by atoms with van der Waals surface area (Å²) in [6.45, 7) is 18.2. The highest BCUT2D eigenvalue weighted by Gasteiger charge is 2.42. The van der Waals surface area contributed by atoms with Gasteiger partial charge in [0, 0.05) is 159 Å². The number of thiocarbonyl (C=S) groups is 1. The maximum absolute atomic E-state index is 14.5. The number of amides is 3. The number of allylic oxidation sites excluding steroid dienone is 6. The Labute approximate surface area is 740 Å². The number of nitrogen functional groups attached to an aromatic ring is 2. The molecule has 7 aromatic rings. The third kappa shape index (κ3) is 23.7. The van der Waals surface area contributed by atoms with Crippen molar-refractivity contribution < 1.29 is 66.8 Å². The number of hydrogen-bond acceptors (Lipinski definition) is 28. The lowest BCUT2D eigenvalue weighted by atomic mass is 9.83. The number of rotatable bonds is 19. The lowest BCUT2D eigenvalue weighted by molar-refractivity contribution is -0.167. The van der Waals surface area contributed by atoms with Crippen LogP contribution in [0.3, 0.4) is 0 Å². The Morgan fingerprint density at radius 2 is 1.48 bits per heavy atom. The first-order valence-corrected chi connectivity index (χ1v) is 45.2. The van der Waals surface area contributed by atoms with Gasteiger partial charge in [0.2, 0.25) is 23.6 Å². The predicted octanol–water partition coefficient (Wildman–Crippen LogP) is 10.0. The zero-order valence-electron chi connectivity index (χ0n) is 73.2. The summed E-state index contributed by atoms with van der Waals surface area (Å²) in [6, 6.07) is 10.9. The average molecular weight is 1750 g/mol. The molecule has 6 N–H and O–H groups in total. The molecule has 126 heavy (non-hydrogen) atoms. The van der Waals surface area contributed by atoms with Gasteiger partial charge in [-0.25, -0.2) is 39.4 Å². The number of oxazole rings is 1. The minimum absolute atomic E-state index is 0.0475. The number of anilines is 4. The first-order valence-electron chi connectivity index (χ1n) is 44.8. The Balaban J connectivity index is 0.474. The van der Waals surface area contributed by atoms with E-state index in [1.54, 1.807) is 57.9 Å². The fraction of sp³-hybridized carbons (Fsp3) is 0.548. The van der Waals surface area contributed by atoms with Crippen LogP contribution in [0.1, 0.15) is 176 Å². The molecule has 14 rings (SSSR count). The molecule has 5 fully saturated rings. The molecule has 3 amide bonds. The van der Waals surface area contributed by atoms with E-state index in [1.807, 2.05) is 70.8 Å². The molecule has 2 bridgehead atoms. The predicted molar refractivity (Wildman–Crippen MR) is 479 cm³/mol. The second kappa shape index (κ2) is 43.1. The van der Waals surface area contributed by atoms with Gasteiger partial charge in [-0.1, -0.05) is 75.4 Å². The molecule has 7 aliphatic rings. The third-order valence-corrected chi connectivity index (χ3v) is 26.0. The molecule has 1 saturated carbocycles. The van der Waals surface area contributed by atoms with Crippen LogP contribution in [-0.4, -0.2) is 251 Å². The Morgan fingerprint density at radius 3 is 2.24 bits per heavy atom. The number of cyclic esters (lactones) is 1. The van der Waals surface area contributed by atoms with Gasteiger partial charge in [-0.15, -0.1) is 0 Å². The van der Waals surface area contributed by atoms with Crippen molar-refractivity contribution in [3.05, 3.63) is 143 Å². The average Bonchev–Trinajstić information content (AvgIpc) is 1.15. The van der Waals surface area contributed by atoms with Gasteiger partial charge in [-0.3, -0.25) is 33.7 Å². The van der Waals surface area contributed by atoms with Crippen LogP contribution in [0, 0.1) is 23.7 Å². The van der Waals surface area contributed by atoms with Crippen LogP contribution in [0.15, 0.2) is 120 Å². The number of nitrogens with zero attached hydrogens (tertiary/aromatic N) is 15. The summed E-state index contributed by atoms with van der Waals surface area (Å²) < 4.78 is 38.2. The van der Waals surface area contributed by atoms with Crippen LogP contribution in [0.4, 0.5) is 23.7 Å². The number of hydrogen-bond donors (Lipinski definition) is 4. The highest BCUT2D eigenvalue weighted by Crippen LogP contribution is 2.37. The van der Waals surface area contributed by atoms with Crippen molar-refractivity contribution in [3.8, 4) is 11.3 Å². The minimum Gasteiger partial charge on any atom is -0.468 e. The Bertz CT molecular complexity index is 5130. The number of piperidine rings is 1. The fourth-order valence-corrected chi connectivity index (χ4v) is 18.4. The number of ketones is 3. The van der Waals surface area contributed by atoms with Gasteiger partial charge in [0.15, 0.2) is 11.2 Å². The van der Waals surface area contributed by atoms with Crippen molar-refractivity contribution in [1.82, 2.24) is 69.6 Å². The smallest absolute Gasteiger partial charge is 0.329 e. The molecule has 33 heteroatoms. The Hall–Kier alpha value is -10.8. The van der Waals surface area contributed by atoms with E-state index in [2.05, 4.69) is 80.0 Å². The monoisotopic (exact) mass is 1740 g/mol. The Morgan fingerprint density at radius 1 is 0.722 bits per heavy atom. The standard InChI is InChI=1S/C93H120N18O14S/c1-58-13-8-7-9-14-59(2)80(120-6)48-71-15-12-17-79(122-71)84(116)88(118)110-30-11-10-16-74(110)89(119)123-72(47-75(112)61(4)44-62(5)77(114)49-76(113)60(3)43-58)26-21-63-19-24-70(25-20-63)124-93(126)100-52-65-50-96-91(97-51-65)108-38-36-106(37-39-108)81(115)29-41-121-42-40-105-32-34-107(35-33-105)92-98-53-69(54-99-92)87(117)109-31-28-66-45-64(18-22-68(66)56-109)55-111-86-82(85(94)101-57-102-86)83(104-111)67-23-27-78-73(46-67)103-90(95)125-78/h7-9,13-14,18,22-23,27,44-46,50-51,53-54,57-58,60-61,63,70-72,74,77,79-80,114H,10-12,15-17,19-21,24-26,28-43,47-49,52,55-56H2,1-6H3,(H2,95,103)(H,100,126)(H2,94,101,102)/b9-7?,13-8+,59-14?,62-44+/t58-,60-,61-,63?,70?,71?,72-,74+,77+,79?,80+/m1/s1. The van der Waals surface area contributed by atoms with Crippen LogP contribution in [0.25, 0.3) is 33.4 Å². The molecule has 2 aromatic carbocycles. The van der Waals surface area contributed by atoms with E-state index < -0.39 is 47.9 Å². The number of benzene rings is 2. The van der Waals surface area contributed by atoms with Crippen LogP contribution in [0.2, 0.25) is 0 Å². The van der Waals surface area contributed by atoms with Crippen LogP contribution in [0.5, 0.6) is 0 Å². The van der Waals surface area contributed by atoms with Crippen LogP contribution >= 0.6 is 12.2 Å². The number of aliphatic hydroxyl groups excluding tert-OH is 1. The number of nitrogens with one attached hydrogen (secondary N) is 1. The van der Waals surface area contributed by atoms with Gasteiger partial charge in [-0.2, -0.15) is 10.1 Å². The van der Waals surface area contributed by atoms with E-state index >= 15 is 0 Å². The summed E-state index contributed by atoms with van der Waals surface area (Å²) in [5.41, 5.74) is 21.4. The minimum atomic E-state index is -1.08. The number of piperazine rings is 2. The summed E-state index contributed by atoms with van der Waals surface area (Å²) >= 11 is 5.68. The number of aromatic nitrogens is 9. The number of methoxy groups -OCH3 is 1. The van der Waals surface area contributed by atoms with E-state index in [4.69, 9.17) is 56.9 Å². The number of nitrogens with two attached hydrogens (primary N) is 2. The number of ether oxygens (including phenoxy) is 5. The largest absolute Gasteiger partial charge is 0.468 e. The van der Waals surface area contributed by atoms with Gasteiger partial charge < -0.3 is 74.5 Å². The quantitative estimate of drug-likeness (QED) is 0.0192. The molecule has 9 atom stereocenters. The first kappa shape index (κ1) is 91.4. The summed E-state index contributed by atoms with van der Waals surface area (Å²) in [5, 5.41) is 20.4. The third-order valence-electron chi connectivity index (χ3n) is 25.8. The van der Waals surface area contributed by atoms with Crippen molar-refractivity contribution in [3.63, 3.8) is 0 Å². The van der Waals surface area contributed by atoms with Crippen molar-refractivity contribution in [2.24, 2.45) is 23.7 Å². The van der Waals surface area contributed by atoms with E-state index in [-0.39, 0.29) is 90.0 Å². The molecule has 2 unspecified atom stereocenters. The van der Waals surface area contributed by atoms with Gasteiger partial charge in [-0.05, 0) is 174 Å². The zero-order valence-corrected chi connectivity index (χ0v) is 74.0. The molecule has 6 aliphatic heterocycles. The van der Waals surface area contributed by atoms with Crippen molar-refractivity contribution in [2.45, 2.75) is 212 Å². The molecular weight excluding hydrogens is 1630 g/mol. The SMILES string of the molecule is CO[C@H]1CC2CCCC(O2)C(=O)C(=O)N2CCCC[C@H]2C(=O)O[C@H](CCC2CCC(OC(=S)NCc3cnc(N4CCN(C(=O)CCOCCN5CCN(c6ncc(C(=O)N7CCc8cc(Cn9nc(-c%10ccc%11oc(N)nc%11c%10)c%10c(N)ncnc%109)ccc8C7)cn6)CC5)CC4)nc3)CC2)CC(=O)[C@H](C)/C=C(\C)[C@@H](O)CC(=O)[C@H](C)C[C@H](C)/C=C/C=CC=C1C.